The molecule has 7 N–H and O–H groups in total. The van der Waals surface area contributed by atoms with Gasteiger partial charge in [0.05, 0.1) is 0 Å². The molecule has 0 unspecified atom stereocenters. The lowest BCUT2D eigenvalue weighted by Crippen LogP contribution is -2.04. The highest BCUT2D eigenvalue weighted by molar-refractivity contribution is 6.16. The molecule has 2 rings (SSSR count). The van der Waals surface area contributed by atoms with Gasteiger partial charge in [-0.15, -0.1) is 0 Å². The Bertz CT molecular complexity index is 724. The molecular weight excluding hydrogens is 284 g/mol. The van der Waals surface area contributed by atoms with Crippen molar-refractivity contribution in [1.82, 2.24) is 0 Å². The fourth-order valence-electron chi connectivity index (χ4n) is 1.77. The molecule has 0 aliphatic rings. The number of rotatable bonds is 2. The minimum atomic E-state index is -1.32. The maximum atomic E-state index is 12.2. The maximum Gasteiger partial charge on any atom is 0.208 e. The van der Waals surface area contributed by atoms with Crippen molar-refractivity contribution in [3.8, 4) is 40.2 Å². The molecule has 0 spiro atoms. The number of phenols is 7. The lowest BCUT2D eigenvalue weighted by atomic mass is 9.98. The van der Waals surface area contributed by atoms with E-state index in [-0.39, 0.29) is 0 Å². The Balaban J connectivity index is 2.76. The van der Waals surface area contributed by atoms with Crippen LogP contribution in [0.4, 0.5) is 0 Å². The summed E-state index contributed by atoms with van der Waals surface area (Å²) < 4.78 is 0. The third-order valence-corrected chi connectivity index (χ3v) is 2.82. The molecule has 0 saturated carbocycles. The van der Waals surface area contributed by atoms with Crippen LogP contribution in [0.2, 0.25) is 0 Å². The first kappa shape index (κ1) is 14.1. The number of phenolic OH excluding ortho intramolecular Hbond substituents is 7. The second-order valence-electron chi connectivity index (χ2n) is 4.14. The van der Waals surface area contributed by atoms with Gasteiger partial charge in [-0.25, -0.2) is 0 Å². The quantitative estimate of drug-likeness (QED) is 0.244. The summed E-state index contributed by atoms with van der Waals surface area (Å²) in [4.78, 5) is 12.2. The van der Waals surface area contributed by atoms with Crippen molar-refractivity contribution < 1.29 is 40.5 Å². The molecule has 21 heavy (non-hydrogen) atoms. The van der Waals surface area contributed by atoms with Gasteiger partial charge in [0, 0.05) is 6.07 Å². The van der Waals surface area contributed by atoms with E-state index >= 15 is 0 Å². The van der Waals surface area contributed by atoms with E-state index in [0.29, 0.717) is 6.07 Å². The molecule has 0 heterocycles. The molecule has 0 amide bonds. The zero-order valence-electron chi connectivity index (χ0n) is 10.3. The summed E-state index contributed by atoms with van der Waals surface area (Å²) in [6, 6.07) is 2.42. The Morgan fingerprint density at radius 3 is 1.57 bits per heavy atom. The molecule has 0 radical (unpaired) electrons. The molecule has 0 aliphatic heterocycles. The van der Waals surface area contributed by atoms with Crippen LogP contribution in [-0.2, 0) is 0 Å². The Labute approximate surface area is 117 Å². The Morgan fingerprint density at radius 1 is 0.619 bits per heavy atom. The normalized spacial score (nSPS) is 10.5. The number of hydrogen-bond acceptors (Lipinski definition) is 8. The van der Waals surface area contributed by atoms with E-state index in [4.69, 9.17) is 0 Å². The Morgan fingerprint density at radius 2 is 1.05 bits per heavy atom. The first-order chi connectivity index (χ1) is 9.75. The average Bonchev–Trinajstić information content (AvgIpc) is 2.41. The van der Waals surface area contributed by atoms with Gasteiger partial charge in [0.15, 0.2) is 34.5 Å². The number of carbonyl (C=O) groups excluding carboxylic acids is 1. The zero-order valence-corrected chi connectivity index (χ0v) is 10.3. The molecule has 0 fully saturated rings. The highest BCUT2D eigenvalue weighted by Gasteiger charge is 2.29. The van der Waals surface area contributed by atoms with E-state index in [1.165, 1.54) is 0 Å². The fourth-order valence-corrected chi connectivity index (χ4v) is 1.77. The molecule has 0 aliphatic carbocycles. The molecule has 110 valence electrons. The largest absolute Gasteiger partial charge is 0.507 e. The maximum absolute atomic E-state index is 12.2. The topological polar surface area (TPSA) is 159 Å². The zero-order chi connectivity index (χ0) is 15.9. The van der Waals surface area contributed by atoms with Gasteiger partial charge < -0.3 is 35.7 Å². The van der Waals surface area contributed by atoms with Crippen LogP contribution in [0.25, 0.3) is 0 Å². The molecule has 8 nitrogen and oxygen atoms in total. The third-order valence-electron chi connectivity index (χ3n) is 2.82. The number of benzene rings is 2. The lowest BCUT2D eigenvalue weighted by molar-refractivity contribution is 0.102. The van der Waals surface area contributed by atoms with Gasteiger partial charge in [-0.2, -0.15) is 0 Å². The minimum Gasteiger partial charge on any atom is -0.507 e. The SMILES string of the molecule is O=C(c1c(O)ccc(O)c1O)c1c(O)c(O)cc(O)c1O. The first-order valence-corrected chi connectivity index (χ1v) is 5.51. The standard InChI is InChI=1S/C13H10O8/c14-4-1-2-5(15)10(18)8(4)13(21)9-11(19)6(16)3-7(17)12(9)20/h1-3,14-20H. The van der Waals surface area contributed by atoms with E-state index in [1.54, 1.807) is 0 Å². The van der Waals surface area contributed by atoms with E-state index in [9.17, 15) is 40.5 Å². The van der Waals surface area contributed by atoms with Crippen LogP contribution in [0.1, 0.15) is 15.9 Å². The van der Waals surface area contributed by atoms with Crippen molar-refractivity contribution >= 4 is 5.78 Å². The molecule has 0 saturated heterocycles. The highest BCUT2D eigenvalue weighted by atomic mass is 16.3. The van der Waals surface area contributed by atoms with Gasteiger partial charge in [-0.05, 0) is 12.1 Å². The van der Waals surface area contributed by atoms with Crippen LogP contribution < -0.4 is 0 Å². The van der Waals surface area contributed by atoms with Crippen molar-refractivity contribution in [2.75, 3.05) is 0 Å². The molecule has 2 aromatic rings. The van der Waals surface area contributed by atoms with Crippen LogP contribution in [0.15, 0.2) is 18.2 Å². The summed E-state index contributed by atoms with van der Waals surface area (Å²) >= 11 is 0. The second-order valence-corrected chi connectivity index (χ2v) is 4.14. The molecular formula is C13H10O8. The van der Waals surface area contributed by atoms with Crippen LogP contribution in [0.5, 0.6) is 40.2 Å². The van der Waals surface area contributed by atoms with Crippen LogP contribution in [-0.4, -0.2) is 41.5 Å². The Hall–Kier alpha value is -3.29. The Kier molecular flexibility index (Phi) is 3.14. The summed E-state index contributed by atoms with van der Waals surface area (Å²) in [5.41, 5.74) is -1.76. The monoisotopic (exact) mass is 294 g/mol. The highest BCUT2D eigenvalue weighted by Crippen LogP contribution is 2.45. The fraction of sp³-hybridized carbons (Fsp3) is 0. The van der Waals surface area contributed by atoms with Gasteiger partial charge in [-0.3, -0.25) is 4.79 Å². The van der Waals surface area contributed by atoms with Crippen molar-refractivity contribution in [3.63, 3.8) is 0 Å². The second kappa shape index (κ2) is 4.67. The smallest absolute Gasteiger partial charge is 0.208 e. The average molecular weight is 294 g/mol. The van der Waals surface area contributed by atoms with Gasteiger partial charge in [-0.1, -0.05) is 0 Å². The van der Waals surface area contributed by atoms with Crippen molar-refractivity contribution in [2.45, 2.75) is 0 Å². The number of ketones is 1. The van der Waals surface area contributed by atoms with Gasteiger partial charge in [0.1, 0.15) is 16.9 Å². The van der Waals surface area contributed by atoms with Crippen LogP contribution in [0, 0.1) is 0 Å². The predicted molar refractivity (Wildman–Crippen MR) is 68.0 cm³/mol. The van der Waals surface area contributed by atoms with Crippen LogP contribution >= 0.6 is 0 Å². The molecule has 0 atom stereocenters. The molecule has 0 bridgehead atoms. The van der Waals surface area contributed by atoms with Gasteiger partial charge >= 0.3 is 0 Å². The van der Waals surface area contributed by atoms with E-state index in [1.807, 2.05) is 0 Å². The summed E-state index contributed by atoms with van der Waals surface area (Å²) in [6.07, 6.45) is 0. The van der Waals surface area contributed by atoms with Gasteiger partial charge in [0.2, 0.25) is 5.78 Å². The number of carbonyl (C=O) groups is 1. The summed E-state index contributed by atoms with van der Waals surface area (Å²) in [7, 11) is 0. The first-order valence-electron chi connectivity index (χ1n) is 5.51. The van der Waals surface area contributed by atoms with Crippen molar-refractivity contribution in [3.05, 3.63) is 29.3 Å². The summed E-state index contributed by atoms with van der Waals surface area (Å²) in [6.45, 7) is 0. The molecule has 8 heteroatoms. The number of hydrogen-bond donors (Lipinski definition) is 7. The summed E-state index contributed by atoms with van der Waals surface area (Å²) in [5.74, 6) is -7.67. The third kappa shape index (κ3) is 2.08. The van der Waals surface area contributed by atoms with Gasteiger partial charge in [0.25, 0.3) is 0 Å². The lowest BCUT2D eigenvalue weighted by Gasteiger charge is -2.12. The van der Waals surface area contributed by atoms with Crippen LogP contribution in [0.3, 0.4) is 0 Å². The van der Waals surface area contributed by atoms with Crippen molar-refractivity contribution in [1.29, 1.82) is 0 Å². The predicted octanol–water partition coefficient (Wildman–Crippen LogP) is 0.857. The van der Waals surface area contributed by atoms with E-state index < -0.39 is 57.2 Å². The molecule has 0 aromatic heterocycles. The van der Waals surface area contributed by atoms with Crippen molar-refractivity contribution in [2.24, 2.45) is 0 Å². The van der Waals surface area contributed by atoms with E-state index in [2.05, 4.69) is 0 Å². The minimum absolute atomic E-state index is 0.601. The summed E-state index contributed by atoms with van der Waals surface area (Å²) in [5, 5.41) is 66.5. The number of aromatic hydroxyl groups is 7. The van der Waals surface area contributed by atoms with E-state index in [0.717, 1.165) is 12.1 Å². The molecule has 2 aromatic carbocycles.